The van der Waals surface area contributed by atoms with Crippen LogP contribution in [0, 0.1) is 0 Å². The molecule has 6 heteroatoms. The normalized spacial score (nSPS) is 11.2. The molecule has 17 heavy (non-hydrogen) atoms. The Hall–Kier alpha value is -1.46. The summed E-state index contributed by atoms with van der Waals surface area (Å²) in [6.07, 6.45) is 0.967. The van der Waals surface area contributed by atoms with Gasteiger partial charge in [0.15, 0.2) is 11.5 Å². The highest BCUT2D eigenvalue weighted by molar-refractivity contribution is 7.13. The second kappa shape index (κ2) is 4.09. The van der Waals surface area contributed by atoms with E-state index in [1.165, 1.54) is 5.56 Å². The summed E-state index contributed by atoms with van der Waals surface area (Å²) in [7, 11) is 0. The van der Waals surface area contributed by atoms with E-state index in [9.17, 15) is 0 Å². The summed E-state index contributed by atoms with van der Waals surface area (Å²) in [5, 5.41) is 15.0. The summed E-state index contributed by atoms with van der Waals surface area (Å²) < 4.78 is 1.69. The van der Waals surface area contributed by atoms with E-state index in [1.807, 2.05) is 6.07 Å². The van der Waals surface area contributed by atoms with Crippen LogP contribution in [0.4, 0.5) is 0 Å². The highest BCUT2D eigenvalue weighted by Crippen LogP contribution is 2.28. The van der Waals surface area contributed by atoms with Crippen molar-refractivity contribution >= 4 is 28.6 Å². The Morgan fingerprint density at radius 2 is 2.18 bits per heavy atom. The molecule has 3 aromatic heterocycles. The zero-order chi connectivity index (χ0) is 11.8. The van der Waals surface area contributed by atoms with Crippen LogP contribution in [0.1, 0.15) is 12.5 Å². The zero-order valence-electron chi connectivity index (χ0n) is 9.09. The molecule has 0 amide bonds. The lowest BCUT2D eigenvalue weighted by Gasteiger charge is -1.99. The molecule has 86 valence electrons. The van der Waals surface area contributed by atoms with Crippen LogP contribution in [0.2, 0.25) is 5.15 Å². The number of nitrogens with zero attached hydrogens (tertiary/aromatic N) is 4. The lowest BCUT2D eigenvalue weighted by atomic mass is 10.2. The Morgan fingerprint density at radius 3 is 3.00 bits per heavy atom. The molecule has 0 atom stereocenters. The van der Waals surface area contributed by atoms with Gasteiger partial charge in [-0.3, -0.25) is 0 Å². The Bertz CT molecular complexity index is 673. The van der Waals surface area contributed by atoms with Crippen molar-refractivity contribution < 1.29 is 0 Å². The Kier molecular flexibility index (Phi) is 2.57. The molecule has 0 radical (unpaired) electrons. The second-order valence-corrected chi connectivity index (χ2v) is 4.88. The smallest absolute Gasteiger partial charge is 0.190 e. The minimum atomic E-state index is 0.438. The first-order chi connectivity index (χ1) is 8.29. The summed E-state index contributed by atoms with van der Waals surface area (Å²) in [5.41, 5.74) is 1.96. The highest BCUT2D eigenvalue weighted by atomic mass is 35.5. The van der Waals surface area contributed by atoms with Gasteiger partial charge in [-0.1, -0.05) is 18.5 Å². The maximum atomic E-state index is 5.90. The van der Waals surface area contributed by atoms with Crippen molar-refractivity contribution in [2.24, 2.45) is 0 Å². The van der Waals surface area contributed by atoms with Gasteiger partial charge in [0.05, 0.1) is 4.88 Å². The standard InChI is InChI=1S/C11H9ClN4S/c1-2-7-5-6-17-10(7)11-14-13-9-4-3-8(12)15-16(9)11/h3-6H,2H2,1H3. The highest BCUT2D eigenvalue weighted by Gasteiger charge is 2.13. The lowest BCUT2D eigenvalue weighted by molar-refractivity contribution is 0.936. The molecule has 0 unspecified atom stereocenters. The molecular weight excluding hydrogens is 256 g/mol. The molecule has 0 aliphatic rings. The molecule has 0 saturated carbocycles. The minimum absolute atomic E-state index is 0.438. The third kappa shape index (κ3) is 1.71. The van der Waals surface area contributed by atoms with Crippen LogP contribution in [-0.2, 0) is 6.42 Å². The monoisotopic (exact) mass is 264 g/mol. The number of rotatable bonds is 2. The summed E-state index contributed by atoms with van der Waals surface area (Å²) in [4.78, 5) is 1.11. The number of halogens is 1. The maximum absolute atomic E-state index is 5.90. The number of fused-ring (bicyclic) bond motifs is 1. The molecule has 4 nitrogen and oxygen atoms in total. The van der Waals surface area contributed by atoms with Crippen molar-refractivity contribution in [3.05, 3.63) is 34.3 Å². The van der Waals surface area contributed by atoms with Crippen LogP contribution in [0.25, 0.3) is 16.3 Å². The minimum Gasteiger partial charge on any atom is -0.190 e. The first-order valence-corrected chi connectivity index (χ1v) is 6.50. The van der Waals surface area contributed by atoms with E-state index in [4.69, 9.17) is 11.6 Å². The van der Waals surface area contributed by atoms with E-state index in [2.05, 4.69) is 33.7 Å². The van der Waals surface area contributed by atoms with E-state index >= 15 is 0 Å². The zero-order valence-corrected chi connectivity index (χ0v) is 10.7. The fourth-order valence-electron chi connectivity index (χ4n) is 1.72. The molecular formula is C11H9ClN4S. The molecule has 0 bridgehead atoms. The van der Waals surface area contributed by atoms with Crippen LogP contribution < -0.4 is 0 Å². The fourth-order valence-corrected chi connectivity index (χ4v) is 2.82. The van der Waals surface area contributed by atoms with Gasteiger partial charge >= 0.3 is 0 Å². The van der Waals surface area contributed by atoms with Crippen molar-refractivity contribution in [1.82, 2.24) is 19.8 Å². The topological polar surface area (TPSA) is 43.1 Å². The van der Waals surface area contributed by atoms with Crippen LogP contribution in [0.3, 0.4) is 0 Å². The van der Waals surface area contributed by atoms with Crippen molar-refractivity contribution in [2.75, 3.05) is 0 Å². The van der Waals surface area contributed by atoms with Gasteiger partial charge in [0.2, 0.25) is 0 Å². The largest absolute Gasteiger partial charge is 0.195 e. The SMILES string of the molecule is CCc1ccsc1-c1nnc2ccc(Cl)nn12. The summed E-state index contributed by atoms with van der Waals surface area (Å²) in [5.74, 6) is 0.759. The van der Waals surface area contributed by atoms with E-state index in [0.717, 1.165) is 17.1 Å². The van der Waals surface area contributed by atoms with Crippen LogP contribution >= 0.6 is 22.9 Å². The lowest BCUT2D eigenvalue weighted by Crippen LogP contribution is -1.95. The van der Waals surface area contributed by atoms with Gasteiger partial charge in [-0.15, -0.1) is 21.5 Å². The first kappa shape index (κ1) is 10.7. The molecule has 0 aliphatic heterocycles. The number of thiophene rings is 1. The molecule has 3 heterocycles. The number of hydrogen-bond donors (Lipinski definition) is 0. The predicted molar refractivity (Wildman–Crippen MR) is 68.5 cm³/mol. The molecule has 3 rings (SSSR count). The first-order valence-electron chi connectivity index (χ1n) is 5.24. The van der Waals surface area contributed by atoms with Crippen LogP contribution in [0.15, 0.2) is 23.6 Å². The molecule has 0 aliphatic carbocycles. The van der Waals surface area contributed by atoms with Gasteiger partial charge in [-0.25, -0.2) is 0 Å². The molecule has 0 aromatic carbocycles. The van der Waals surface area contributed by atoms with E-state index < -0.39 is 0 Å². The third-order valence-electron chi connectivity index (χ3n) is 2.56. The maximum Gasteiger partial charge on any atom is 0.195 e. The van der Waals surface area contributed by atoms with Gasteiger partial charge in [0.25, 0.3) is 0 Å². The van der Waals surface area contributed by atoms with E-state index in [1.54, 1.807) is 21.9 Å². The Labute approximate surface area is 107 Å². The van der Waals surface area contributed by atoms with Gasteiger partial charge < -0.3 is 0 Å². The summed E-state index contributed by atoms with van der Waals surface area (Å²) in [6.45, 7) is 2.12. The molecule has 0 fully saturated rings. The van der Waals surface area contributed by atoms with Crippen LogP contribution in [0.5, 0.6) is 0 Å². The van der Waals surface area contributed by atoms with E-state index in [-0.39, 0.29) is 0 Å². The third-order valence-corrected chi connectivity index (χ3v) is 3.72. The predicted octanol–water partition coefficient (Wildman–Crippen LogP) is 3.07. The van der Waals surface area contributed by atoms with Gasteiger partial charge in [0, 0.05) is 0 Å². The van der Waals surface area contributed by atoms with Gasteiger partial charge in [-0.05, 0) is 35.6 Å². The average molecular weight is 265 g/mol. The van der Waals surface area contributed by atoms with Crippen molar-refractivity contribution in [1.29, 1.82) is 0 Å². The average Bonchev–Trinajstić information content (AvgIpc) is 2.93. The van der Waals surface area contributed by atoms with Crippen LogP contribution in [-0.4, -0.2) is 19.8 Å². The quantitative estimate of drug-likeness (QED) is 0.714. The molecule has 0 spiro atoms. The summed E-state index contributed by atoms with van der Waals surface area (Å²) in [6, 6.07) is 5.63. The van der Waals surface area contributed by atoms with Crippen molar-refractivity contribution in [3.63, 3.8) is 0 Å². The van der Waals surface area contributed by atoms with Crippen molar-refractivity contribution in [3.8, 4) is 10.7 Å². The van der Waals surface area contributed by atoms with Crippen molar-refractivity contribution in [2.45, 2.75) is 13.3 Å². The Morgan fingerprint density at radius 1 is 1.29 bits per heavy atom. The number of aromatic nitrogens is 4. The molecule has 3 aromatic rings. The number of hydrogen-bond acceptors (Lipinski definition) is 4. The van der Waals surface area contributed by atoms with Gasteiger partial charge in [-0.2, -0.15) is 9.61 Å². The molecule has 0 saturated heterocycles. The number of aryl methyl sites for hydroxylation is 1. The fraction of sp³-hybridized carbons (Fsp3) is 0.182. The summed E-state index contributed by atoms with van der Waals surface area (Å²) >= 11 is 7.54. The molecule has 0 N–H and O–H groups in total. The van der Waals surface area contributed by atoms with Gasteiger partial charge in [0.1, 0.15) is 5.15 Å². The second-order valence-electron chi connectivity index (χ2n) is 3.58. The Balaban J connectivity index is 2.27. The van der Waals surface area contributed by atoms with E-state index in [0.29, 0.717) is 10.8 Å².